The molecule has 1 heterocycles. The smallest absolute Gasteiger partial charge is 0.338 e. The second-order valence-electron chi connectivity index (χ2n) is 9.55. The normalized spacial score (nSPS) is 18.0. The van der Waals surface area contributed by atoms with Gasteiger partial charge in [-0.2, -0.15) is 5.26 Å². The number of hydrogen-bond acceptors (Lipinski definition) is 5. The first-order chi connectivity index (χ1) is 16.2. The lowest BCUT2D eigenvalue weighted by Gasteiger charge is -2.35. The topological polar surface area (TPSA) is 71.7 Å². The van der Waals surface area contributed by atoms with Gasteiger partial charge in [0.25, 0.3) is 5.92 Å². The quantitative estimate of drug-likeness (QED) is 0.366. The SMILES string of the molecule is CCCC(F)(F)C1(c2cc(Cl)c(C#N)c(Cl)c2)CC(c2ccc(C(=O)OC(C)(C)C)c(C)c2)=NO1. The minimum Gasteiger partial charge on any atom is -0.456 e. The van der Waals surface area contributed by atoms with E-state index in [4.69, 9.17) is 32.8 Å². The Labute approximate surface area is 213 Å². The van der Waals surface area contributed by atoms with Crippen LogP contribution in [0.3, 0.4) is 0 Å². The molecule has 1 aliphatic rings. The third-order valence-corrected chi connectivity index (χ3v) is 6.28. The van der Waals surface area contributed by atoms with E-state index in [2.05, 4.69) is 5.16 Å². The summed E-state index contributed by atoms with van der Waals surface area (Å²) in [5, 5.41) is 13.2. The first kappa shape index (κ1) is 26.9. The molecule has 0 amide bonds. The lowest BCUT2D eigenvalue weighted by molar-refractivity contribution is -0.207. The number of benzene rings is 2. The zero-order valence-corrected chi connectivity index (χ0v) is 21.7. The van der Waals surface area contributed by atoms with E-state index in [1.807, 2.05) is 6.07 Å². The second kappa shape index (κ2) is 9.75. The molecule has 1 aliphatic heterocycles. The zero-order valence-electron chi connectivity index (χ0n) is 20.1. The van der Waals surface area contributed by atoms with Crippen LogP contribution in [0.1, 0.15) is 79.6 Å². The molecule has 1 unspecified atom stereocenters. The highest BCUT2D eigenvalue weighted by molar-refractivity contribution is 6.36. The van der Waals surface area contributed by atoms with Crippen molar-refractivity contribution >= 4 is 34.9 Å². The molecule has 3 rings (SSSR count). The van der Waals surface area contributed by atoms with Gasteiger partial charge in [-0.15, -0.1) is 0 Å². The Bertz CT molecular complexity index is 1210. The predicted molar refractivity (Wildman–Crippen MR) is 131 cm³/mol. The molecule has 0 saturated carbocycles. The number of ether oxygens (including phenoxy) is 1. The summed E-state index contributed by atoms with van der Waals surface area (Å²) in [6, 6.07) is 9.33. The van der Waals surface area contributed by atoms with Gasteiger partial charge in [-0.1, -0.05) is 47.8 Å². The van der Waals surface area contributed by atoms with Gasteiger partial charge < -0.3 is 9.57 Å². The van der Waals surface area contributed by atoms with Crippen LogP contribution in [0.4, 0.5) is 8.78 Å². The maximum absolute atomic E-state index is 15.6. The molecule has 0 spiro atoms. The number of rotatable bonds is 6. The standard InChI is InChI=1S/C26H26Cl2F2N2O3/c1-6-9-26(29,30)25(17-11-20(27)19(14-31)21(28)12-17)13-22(32-35-25)16-7-8-18(15(2)10-16)23(33)34-24(3,4)5/h7-8,10-12H,6,9,13H2,1-5H3. The number of nitrogens with zero attached hydrogens (tertiary/aromatic N) is 2. The molecule has 2 aromatic carbocycles. The maximum Gasteiger partial charge on any atom is 0.338 e. The summed E-state index contributed by atoms with van der Waals surface area (Å²) < 4.78 is 36.6. The number of carbonyl (C=O) groups excluding carboxylic acids is 1. The Kier molecular flexibility index (Phi) is 7.50. The Morgan fingerprint density at radius 2 is 1.86 bits per heavy atom. The van der Waals surface area contributed by atoms with Crippen molar-refractivity contribution in [2.24, 2.45) is 5.16 Å². The first-order valence-electron chi connectivity index (χ1n) is 11.1. The van der Waals surface area contributed by atoms with Gasteiger partial charge in [0.2, 0.25) is 5.60 Å². The van der Waals surface area contributed by atoms with Gasteiger partial charge in [0.05, 0.1) is 26.9 Å². The first-order valence-corrected chi connectivity index (χ1v) is 11.9. The molecule has 1 atom stereocenters. The summed E-state index contributed by atoms with van der Waals surface area (Å²) in [5.74, 6) is -3.80. The summed E-state index contributed by atoms with van der Waals surface area (Å²) in [6.45, 7) is 8.71. The molecule has 0 bridgehead atoms. The van der Waals surface area contributed by atoms with Crippen LogP contribution in [0.5, 0.6) is 0 Å². The van der Waals surface area contributed by atoms with Crippen LogP contribution in [0.2, 0.25) is 10.0 Å². The van der Waals surface area contributed by atoms with Crippen molar-refractivity contribution in [2.75, 3.05) is 0 Å². The van der Waals surface area contributed by atoms with Crippen molar-refractivity contribution in [3.05, 3.63) is 68.2 Å². The van der Waals surface area contributed by atoms with E-state index in [9.17, 15) is 10.1 Å². The predicted octanol–water partition coefficient (Wildman–Crippen LogP) is 7.58. The largest absolute Gasteiger partial charge is 0.456 e. The van der Waals surface area contributed by atoms with E-state index in [0.717, 1.165) is 0 Å². The molecule has 0 N–H and O–H groups in total. The molecule has 35 heavy (non-hydrogen) atoms. The molecule has 0 saturated heterocycles. The van der Waals surface area contributed by atoms with Crippen LogP contribution < -0.4 is 0 Å². The number of hydrogen-bond donors (Lipinski definition) is 0. The Morgan fingerprint density at radius 1 is 1.23 bits per heavy atom. The maximum atomic E-state index is 15.6. The molecular formula is C26H26Cl2F2N2O3. The van der Waals surface area contributed by atoms with Crippen LogP contribution in [0.15, 0.2) is 35.5 Å². The van der Waals surface area contributed by atoms with Crippen molar-refractivity contribution in [1.29, 1.82) is 5.26 Å². The van der Waals surface area contributed by atoms with E-state index in [0.29, 0.717) is 16.7 Å². The summed E-state index contributed by atoms with van der Waals surface area (Å²) in [4.78, 5) is 18.0. The van der Waals surface area contributed by atoms with Gasteiger partial charge in [0.1, 0.15) is 11.7 Å². The zero-order chi connectivity index (χ0) is 26.2. The molecule has 0 aliphatic carbocycles. The van der Waals surface area contributed by atoms with Crippen molar-refractivity contribution in [1.82, 2.24) is 0 Å². The van der Waals surface area contributed by atoms with Gasteiger partial charge in [0, 0.05) is 18.4 Å². The summed E-state index contributed by atoms with van der Waals surface area (Å²) >= 11 is 12.4. The van der Waals surface area contributed by atoms with E-state index >= 15 is 8.78 Å². The summed E-state index contributed by atoms with van der Waals surface area (Å²) in [7, 11) is 0. The van der Waals surface area contributed by atoms with Gasteiger partial charge in [-0.05, 0) is 63.1 Å². The van der Waals surface area contributed by atoms with E-state index in [-0.39, 0.29) is 39.7 Å². The average Bonchev–Trinajstić information content (AvgIpc) is 3.19. The van der Waals surface area contributed by atoms with Crippen LogP contribution in [0, 0.1) is 18.3 Å². The van der Waals surface area contributed by atoms with Crippen LogP contribution in [-0.4, -0.2) is 23.2 Å². The molecule has 0 radical (unpaired) electrons. The fourth-order valence-electron chi connectivity index (χ4n) is 3.98. The number of carbonyl (C=O) groups is 1. The monoisotopic (exact) mass is 522 g/mol. The summed E-state index contributed by atoms with van der Waals surface area (Å²) in [6.07, 6.45) is -0.514. The average molecular weight is 523 g/mol. The number of alkyl halides is 2. The highest BCUT2D eigenvalue weighted by Crippen LogP contribution is 2.51. The Hall–Kier alpha value is -2.69. The number of aryl methyl sites for hydroxylation is 1. The highest BCUT2D eigenvalue weighted by atomic mass is 35.5. The fourth-order valence-corrected chi connectivity index (χ4v) is 4.56. The Morgan fingerprint density at radius 3 is 2.37 bits per heavy atom. The summed E-state index contributed by atoms with van der Waals surface area (Å²) in [5.41, 5.74) is -0.967. The van der Waals surface area contributed by atoms with Crippen molar-refractivity contribution in [3.8, 4) is 6.07 Å². The van der Waals surface area contributed by atoms with E-state index < -0.39 is 29.5 Å². The van der Waals surface area contributed by atoms with Crippen LogP contribution in [-0.2, 0) is 15.2 Å². The second-order valence-corrected chi connectivity index (χ2v) is 10.4. The minimum atomic E-state index is -3.32. The number of esters is 1. The van der Waals surface area contributed by atoms with Crippen LogP contribution >= 0.6 is 23.2 Å². The van der Waals surface area contributed by atoms with Crippen molar-refractivity contribution in [2.45, 2.75) is 71.0 Å². The molecular weight excluding hydrogens is 497 g/mol. The lowest BCUT2D eigenvalue weighted by Crippen LogP contribution is -2.45. The highest BCUT2D eigenvalue weighted by Gasteiger charge is 2.60. The number of oxime groups is 1. The fraction of sp³-hybridized carbons (Fsp3) is 0.423. The van der Waals surface area contributed by atoms with E-state index in [1.165, 1.54) is 12.1 Å². The van der Waals surface area contributed by atoms with Gasteiger partial charge >= 0.3 is 5.97 Å². The molecule has 5 nitrogen and oxygen atoms in total. The number of halogens is 4. The lowest BCUT2D eigenvalue weighted by atomic mass is 9.80. The molecule has 0 fully saturated rings. The molecule has 186 valence electrons. The van der Waals surface area contributed by atoms with Crippen molar-refractivity contribution in [3.63, 3.8) is 0 Å². The molecule has 9 heteroatoms. The third-order valence-electron chi connectivity index (χ3n) is 5.68. The Balaban J connectivity index is 2.01. The van der Waals surface area contributed by atoms with Crippen LogP contribution in [0.25, 0.3) is 0 Å². The van der Waals surface area contributed by atoms with E-state index in [1.54, 1.807) is 52.8 Å². The van der Waals surface area contributed by atoms with Gasteiger partial charge in [0.15, 0.2) is 0 Å². The third kappa shape index (κ3) is 5.29. The molecule has 0 aromatic heterocycles. The van der Waals surface area contributed by atoms with Gasteiger partial charge in [-0.3, -0.25) is 0 Å². The number of nitriles is 1. The van der Waals surface area contributed by atoms with Crippen molar-refractivity contribution < 1.29 is 23.1 Å². The van der Waals surface area contributed by atoms with Gasteiger partial charge in [-0.25, -0.2) is 13.6 Å². The minimum absolute atomic E-state index is 0.00136. The molecule has 2 aromatic rings.